The molecule has 0 aromatic rings. The van der Waals surface area contributed by atoms with Crippen LogP contribution in [-0.4, -0.2) is 54.6 Å². The number of urea groups is 1. The van der Waals surface area contributed by atoms with Gasteiger partial charge in [-0.25, -0.2) is 9.59 Å². The maximum atomic E-state index is 11.5. The van der Waals surface area contributed by atoms with Gasteiger partial charge in [-0.2, -0.15) is 0 Å². The Hall–Kier alpha value is -1.34. The molecule has 1 aliphatic heterocycles. The zero-order chi connectivity index (χ0) is 13.4. The Kier molecular flexibility index (Phi) is 6.45. The van der Waals surface area contributed by atoms with E-state index in [0.29, 0.717) is 13.2 Å². The van der Waals surface area contributed by atoms with Gasteiger partial charge >= 0.3 is 12.0 Å². The van der Waals surface area contributed by atoms with Gasteiger partial charge in [-0.05, 0) is 18.8 Å². The maximum Gasteiger partial charge on any atom is 0.326 e. The van der Waals surface area contributed by atoms with E-state index in [0.717, 1.165) is 19.4 Å². The predicted molar refractivity (Wildman–Crippen MR) is 63.2 cm³/mol. The van der Waals surface area contributed by atoms with Crippen LogP contribution in [0.4, 0.5) is 4.79 Å². The number of carboxylic acids is 1. The van der Waals surface area contributed by atoms with Crippen LogP contribution in [0.15, 0.2) is 0 Å². The summed E-state index contributed by atoms with van der Waals surface area (Å²) >= 11 is 0. The summed E-state index contributed by atoms with van der Waals surface area (Å²) in [5.74, 6) is -0.870. The molecule has 18 heavy (non-hydrogen) atoms. The van der Waals surface area contributed by atoms with Gasteiger partial charge in [0.05, 0.1) is 6.61 Å². The molecule has 1 rings (SSSR count). The molecule has 0 aliphatic carbocycles. The minimum absolute atomic E-state index is 0.00467. The molecular weight excluding hydrogens is 240 g/mol. The molecular formula is C11H20N2O5. The number of hydrogen-bond donors (Lipinski definition) is 4. The number of rotatable bonds is 6. The lowest BCUT2D eigenvalue weighted by molar-refractivity contribution is -0.139. The van der Waals surface area contributed by atoms with E-state index in [2.05, 4.69) is 10.6 Å². The van der Waals surface area contributed by atoms with E-state index in [1.165, 1.54) is 0 Å². The largest absolute Gasteiger partial charge is 0.480 e. The van der Waals surface area contributed by atoms with Crippen LogP contribution in [0.1, 0.15) is 19.3 Å². The first-order chi connectivity index (χ1) is 8.63. The normalized spacial score (nSPS) is 21.1. The molecule has 1 saturated heterocycles. The van der Waals surface area contributed by atoms with Crippen LogP contribution in [0, 0.1) is 5.92 Å². The highest BCUT2D eigenvalue weighted by molar-refractivity contribution is 5.82. The Morgan fingerprint density at radius 1 is 1.44 bits per heavy atom. The molecule has 0 bridgehead atoms. The zero-order valence-corrected chi connectivity index (χ0v) is 10.2. The maximum absolute atomic E-state index is 11.5. The van der Waals surface area contributed by atoms with Crippen molar-refractivity contribution in [3.63, 3.8) is 0 Å². The van der Waals surface area contributed by atoms with Gasteiger partial charge in [0.15, 0.2) is 0 Å². The molecule has 1 fully saturated rings. The van der Waals surface area contributed by atoms with E-state index in [-0.39, 0.29) is 18.9 Å². The minimum Gasteiger partial charge on any atom is -0.480 e. The third-order valence-electron chi connectivity index (χ3n) is 2.83. The second-order valence-electron chi connectivity index (χ2n) is 4.34. The highest BCUT2D eigenvalue weighted by atomic mass is 16.5. The molecule has 0 aromatic heterocycles. The first kappa shape index (κ1) is 14.7. The molecule has 0 radical (unpaired) electrons. The van der Waals surface area contributed by atoms with Gasteiger partial charge in [0, 0.05) is 26.2 Å². The summed E-state index contributed by atoms with van der Waals surface area (Å²) in [4.78, 5) is 22.2. The molecule has 2 atom stereocenters. The van der Waals surface area contributed by atoms with Crippen LogP contribution in [0.25, 0.3) is 0 Å². The average Bonchev–Trinajstić information content (AvgIpc) is 2.37. The van der Waals surface area contributed by atoms with E-state index in [1.807, 2.05) is 0 Å². The number of nitrogens with one attached hydrogen (secondary N) is 2. The van der Waals surface area contributed by atoms with Gasteiger partial charge in [-0.1, -0.05) is 0 Å². The third-order valence-corrected chi connectivity index (χ3v) is 2.83. The summed E-state index contributed by atoms with van der Waals surface area (Å²) in [5.41, 5.74) is 0. The molecule has 7 heteroatoms. The number of hydrogen-bond acceptors (Lipinski definition) is 4. The van der Waals surface area contributed by atoms with Crippen LogP contribution in [0.5, 0.6) is 0 Å². The number of aliphatic hydroxyl groups excluding tert-OH is 1. The summed E-state index contributed by atoms with van der Waals surface area (Å²) in [6.07, 6.45) is 1.98. The summed E-state index contributed by atoms with van der Waals surface area (Å²) in [7, 11) is 0. The number of ether oxygens (including phenoxy) is 1. The number of amides is 2. The van der Waals surface area contributed by atoms with E-state index < -0.39 is 18.0 Å². The fourth-order valence-electron chi connectivity index (χ4n) is 1.80. The van der Waals surface area contributed by atoms with Gasteiger partial charge in [-0.3, -0.25) is 0 Å². The Morgan fingerprint density at radius 3 is 2.78 bits per heavy atom. The highest BCUT2D eigenvalue weighted by Crippen LogP contribution is 2.11. The molecule has 7 nitrogen and oxygen atoms in total. The summed E-state index contributed by atoms with van der Waals surface area (Å²) < 4.78 is 5.27. The lowest BCUT2D eigenvalue weighted by Gasteiger charge is -2.22. The second-order valence-corrected chi connectivity index (χ2v) is 4.34. The third kappa shape index (κ3) is 5.33. The van der Waals surface area contributed by atoms with Crippen molar-refractivity contribution >= 4 is 12.0 Å². The van der Waals surface area contributed by atoms with E-state index in [4.69, 9.17) is 14.9 Å². The number of aliphatic hydroxyl groups is 1. The second kappa shape index (κ2) is 7.88. The summed E-state index contributed by atoms with van der Waals surface area (Å²) in [5, 5.41) is 22.4. The van der Waals surface area contributed by atoms with Gasteiger partial charge in [0.2, 0.25) is 0 Å². The molecule has 1 heterocycles. The first-order valence-corrected chi connectivity index (χ1v) is 6.09. The lowest BCUT2D eigenvalue weighted by atomic mass is 10.0. The molecule has 1 aliphatic rings. The van der Waals surface area contributed by atoms with Gasteiger partial charge in [0.25, 0.3) is 0 Å². The van der Waals surface area contributed by atoms with Crippen molar-refractivity contribution in [1.29, 1.82) is 0 Å². The van der Waals surface area contributed by atoms with Crippen molar-refractivity contribution in [2.75, 3.05) is 26.4 Å². The Morgan fingerprint density at radius 2 is 2.22 bits per heavy atom. The molecule has 104 valence electrons. The molecule has 1 unspecified atom stereocenters. The van der Waals surface area contributed by atoms with Crippen LogP contribution in [-0.2, 0) is 9.53 Å². The molecule has 0 spiro atoms. The highest BCUT2D eigenvalue weighted by Gasteiger charge is 2.20. The average molecular weight is 260 g/mol. The van der Waals surface area contributed by atoms with Crippen LogP contribution < -0.4 is 10.6 Å². The standard InChI is InChI=1S/C11H20N2O5/c14-4-3-9(10(15)16)13-11(17)12-6-8-2-1-5-18-7-8/h8-9,14H,1-7H2,(H,15,16)(H2,12,13,17)/t8?,9-/m1/s1. The number of carbonyl (C=O) groups excluding carboxylic acids is 1. The van der Waals surface area contributed by atoms with Crippen molar-refractivity contribution in [2.24, 2.45) is 5.92 Å². The van der Waals surface area contributed by atoms with Crippen LogP contribution in [0.3, 0.4) is 0 Å². The number of carboxylic acid groups (broad SMARTS) is 1. The van der Waals surface area contributed by atoms with Gasteiger partial charge in [-0.15, -0.1) is 0 Å². The Labute approximate surface area is 106 Å². The van der Waals surface area contributed by atoms with Crippen LogP contribution in [0.2, 0.25) is 0 Å². The quantitative estimate of drug-likeness (QED) is 0.517. The lowest BCUT2D eigenvalue weighted by Crippen LogP contribution is -2.47. The number of carbonyl (C=O) groups is 2. The fourth-order valence-corrected chi connectivity index (χ4v) is 1.80. The fraction of sp³-hybridized carbons (Fsp3) is 0.818. The van der Waals surface area contributed by atoms with Gasteiger partial charge < -0.3 is 25.6 Å². The Balaban J connectivity index is 2.24. The SMILES string of the molecule is O=C(NCC1CCCOC1)N[C@H](CCO)C(=O)O. The minimum atomic E-state index is -1.15. The van der Waals surface area contributed by atoms with Crippen molar-refractivity contribution in [2.45, 2.75) is 25.3 Å². The summed E-state index contributed by atoms with van der Waals surface area (Å²) in [6.45, 7) is 1.57. The zero-order valence-electron chi connectivity index (χ0n) is 10.2. The first-order valence-electron chi connectivity index (χ1n) is 6.09. The van der Waals surface area contributed by atoms with Crippen molar-refractivity contribution in [1.82, 2.24) is 10.6 Å². The van der Waals surface area contributed by atoms with E-state index >= 15 is 0 Å². The van der Waals surface area contributed by atoms with E-state index in [9.17, 15) is 9.59 Å². The van der Waals surface area contributed by atoms with Crippen LogP contribution >= 0.6 is 0 Å². The smallest absolute Gasteiger partial charge is 0.326 e. The molecule has 2 amide bonds. The molecule has 0 aromatic carbocycles. The topological polar surface area (TPSA) is 108 Å². The van der Waals surface area contributed by atoms with Crippen molar-refractivity contribution in [3.8, 4) is 0 Å². The molecule has 4 N–H and O–H groups in total. The predicted octanol–water partition coefficient (Wildman–Crippen LogP) is -0.452. The van der Waals surface area contributed by atoms with Crippen molar-refractivity contribution in [3.05, 3.63) is 0 Å². The monoisotopic (exact) mass is 260 g/mol. The van der Waals surface area contributed by atoms with Gasteiger partial charge in [0.1, 0.15) is 6.04 Å². The summed E-state index contributed by atoms with van der Waals surface area (Å²) in [6, 6.07) is -1.58. The Bertz CT molecular complexity index is 279. The van der Waals surface area contributed by atoms with Crippen molar-refractivity contribution < 1.29 is 24.5 Å². The van der Waals surface area contributed by atoms with E-state index in [1.54, 1.807) is 0 Å². The number of aliphatic carboxylic acids is 1. The molecule has 0 saturated carbocycles.